The van der Waals surface area contributed by atoms with Gasteiger partial charge in [0, 0.05) is 12.6 Å². The zero-order chi connectivity index (χ0) is 13.3. The molecule has 1 rings (SSSR count). The van der Waals surface area contributed by atoms with Crippen LogP contribution in [0.1, 0.15) is 53.9 Å². The lowest BCUT2D eigenvalue weighted by atomic mass is 9.92. The fourth-order valence-electron chi connectivity index (χ4n) is 2.31. The highest BCUT2D eigenvalue weighted by atomic mass is 32.2. The van der Waals surface area contributed by atoms with Crippen LogP contribution in [0.15, 0.2) is 0 Å². The molecule has 0 aliphatic heterocycles. The second-order valence-electron chi connectivity index (χ2n) is 6.99. The molecule has 102 valence electrons. The maximum atomic E-state index is 11.9. The minimum atomic E-state index is -2.98. The van der Waals surface area contributed by atoms with Gasteiger partial charge in [0.15, 0.2) is 9.84 Å². The van der Waals surface area contributed by atoms with Gasteiger partial charge in [0.1, 0.15) is 0 Å². The summed E-state index contributed by atoms with van der Waals surface area (Å²) in [5, 5.41) is 3.39. The van der Waals surface area contributed by atoms with E-state index < -0.39 is 14.6 Å². The van der Waals surface area contributed by atoms with Gasteiger partial charge in [0.2, 0.25) is 0 Å². The second-order valence-corrected chi connectivity index (χ2v) is 9.85. The van der Waals surface area contributed by atoms with E-state index >= 15 is 0 Å². The van der Waals surface area contributed by atoms with Gasteiger partial charge in [-0.25, -0.2) is 8.42 Å². The van der Waals surface area contributed by atoms with Crippen molar-refractivity contribution in [1.29, 1.82) is 0 Å². The van der Waals surface area contributed by atoms with Crippen molar-refractivity contribution in [2.75, 3.05) is 12.3 Å². The van der Waals surface area contributed by atoms with E-state index in [2.05, 4.69) is 19.2 Å². The molecule has 1 atom stereocenters. The molecule has 3 nitrogen and oxygen atoms in total. The Morgan fingerprint density at radius 1 is 1.29 bits per heavy atom. The summed E-state index contributed by atoms with van der Waals surface area (Å²) in [6.45, 7) is 10.4. The first-order chi connectivity index (χ1) is 7.54. The molecule has 0 aromatic rings. The number of hydrogen-bond acceptors (Lipinski definition) is 3. The third-order valence-electron chi connectivity index (χ3n) is 3.71. The van der Waals surface area contributed by atoms with Crippen molar-refractivity contribution < 1.29 is 8.42 Å². The predicted octanol–water partition coefficient (Wildman–Crippen LogP) is 2.37. The molecule has 1 N–H and O–H groups in total. The molecular weight excluding hydrogens is 234 g/mol. The lowest BCUT2D eigenvalue weighted by Gasteiger charge is -2.21. The molecule has 1 aliphatic carbocycles. The first kappa shape index (κ1) is 15.0. The van der Waals surface area contributed by atoms with Crippen LogP contribution in [-0.4, -0.2) is 31.5 Å². The molecular formula is C13H27NO2S. The van der Waals surface area contributed by atoms with Crippen molar-refractivity contribution in [2.45, 2.75) is 64.7 Å². The van der Waals surface area contributed by atoms with Crippen LogP contribution in [0.25, 0.3) is 0 Å². The van der Waals surface area contributed by atoms with Crippen molar-refractivity contribution in [3.63, 3.8) is 0 Å². The normalized spacial score (nSPS) is 25.1. The first-order valence-electron chi connectivity index (χ1n) is 6.49. The number of rotatable bonds is 4. The van der Waals surface area contributed by atoms with Gasteiger partial charge in [-0.2, -0.15) is 0 Å². The Hall–Kier alpha value is -0.0900. The van der Waals surface area contributed by atoms with Crippen LogP contribution in [0.4, 0.5) is 0 Å². The van der Waals surface area contributed by atoms with Gasteiger partial charge in [0.05, 0.1) is 10.5 Å². The van der Waals surface area contributed by atoms with Gasteiger partial charge >= 0.3 is 0 Å². The summed E-state index contributed by atoms with van der Waals surface area (Å²) in [5.41, 5.74) is 0.417. The highest BCUT2D eigenvalue weighted by Crippen LogP contribution is 2.36. The third-order valence-corrected chi connectivity index (χ3v) is 6.31. The van der Waals surface area contributed by atoms with Gasteiger partial charge in [-0.1, -0.05) is 13.8 Å². The SMILES string of the molecule is CC1(C)CCC(NCCS(=O)(=O)C(C)(C)C)C1. The Balaban J connectivity index is 2.35. The third kappa shape index (κ3) is 4.25. The van der Waals surface area contributed by atoms with Gasteiger partial charge in [-0.05, 0) is 45.4 Å². The molecule has 1 fully saturated rings. The largest absolute Gasteiger partial charge is 0.313 e. The van der Waals surface area contributed by atoms with E-state index in [1.54, 1.807) is 20.8 Å². The van der Waals surface area contributed by atoms with Crippen molar-refractivity contribution in [3.05, 3.63) is 0 Å². The van der Waals surface area contributed by atoms with E-state index in [1.807, 2.05) is 0 Å². The molecule has 1 unspecified atom stereocenters. The van der Waals surface area contributed by atoms with Gasteiger partial charge in [-0.3, -0.25) is 0 Å². The summed E-state index contributed by atoms with van der Waals surface area (Å²) in [6, 6.07) is 0.500. The lowest BCUT2D eigenvalue weighted by molar-refractivity contribution is 0.366. The van der Waals surface area contributed by atoms with Gasteiger partial charge in [-0.15, -0.1) is 0 Å². The Morgan fingerprint density at radius 2 is 1.88 bits per heavy atom. The highest BCUT2D eigenvalue weighted by molar-refractivity contribution is 7.92. The molecule has 1 saturated carbocycles. The molecule has 17 heavy (non-hydrogen) atoms. The summed E-state index contributed by atoms with van der Waals surface area (Å²) in [7, 11) is -2.98. The van der Waals surface area contributed by atoms with Crippen molar-refractivity contribution in [2.24, 2.45) is 5.41 Å². The van der Waals surface area contributed by atoms with Crippen LogP contribution in [0.3, 0.4) is 0 Å². The quantitative estimate of drug-likeness (QED) is 0.845. The minimum absolute atomic E-state index is 0.243. The smallest absolute Gasteiger partial charge is 0.156 e. The Labute approximate surface area is 106 Å². The zero-order valence-corrected chi connectivity index (χ0v) is 12.7. The summed E-state index contributed by atoms with van der Waals surface area (Å²) in [6.07, 6.45) is 3.56. The van der Waals surface area contributed by atoms with E-state index in [0.29, 0.717) is 18.0 Å². The van der Waals surface area contributed by atoms with E-state index in [-0.39, 0.29) is 5.75 Å². The van der Waals surface area contributed by atoms with Crippen molar-refractivity contribution in [1.82, 2.24) is 5.32 Å². The van der Waals surface area contributed by atoms with Crippen LogP contribution in [0.2, 0.25) is 0 Å². The van der Waals surface area contributed by atoms with Crippen molar-refractivity contribution >= 4 is 9.84 Å². The topological polar surface area (TPSA) is 46.2 Å². The van der Waals surface area contributed by atoms with Crippen LogP contribution >= 0.6 is 0 Å². The van der Waals surface area contributed by atoms with Gasteiger partial charge in [0.25, 0.3) is 0 Å². The average molecular weight is 261 g/mol. The van der Waals surface area contributed by atoms with Crippen LogP contribution in [0, 0.1) is 5.41 Å². The molecule has 0 bridgehead atoms. The van der Waals surface area contributed by atoms with Crippen LogP contribution < -0.4 is 5.32 Å². The monoisotopic (exact) mass is 261 g/mol. The predicted molar refractivity (Wildman–Crippen MR) is 73.0 cm³/mol. The van der Waals surface area contributed by atoms with E-state index in [9.17, 15) is 8.42 Å². The molecule has 0 amide bonds. The number of sulfone groups is 1. The van der Waals surface area contributed by atoms with Crippen LogP contribution in [0.5, 0.6) is 0 Å². The highest BCUT2D eigenvalue weighted by Gasteiger charge is 2.32. The molecule has 0 radical (unpaired) electrons. The van der Waals surface area contributed by atoms with E-state index in [4.69, 9.17) is 0 Å². The molecule has 0 saturated heterocycles. The molecule has 0 aromatic heterocycles. The lowest BCUT2D eigenvalue weighted by Crippen LogP contribution is -2.37. The summed E-state index contributed by atoms with van der Waals surface area (Å²) >= 11 is 0. The molecule has 1 aliphatic rings. The molecule has 0 aromatic carbocycles. The average Bonchev–Trinajstić information content (AvgIpc) is 2.43. The summed E-state index contributed by atoms with van der Waals surface area (Å²) in [5.74, 6) is 0.243. The molecule has 0 heterocycles. The maximum absolute atomic E-state index is 11.9. The first-order valence-corrected chi connectivity index (χ1v) is 8.14. The Bertz CT molecular complexity index is 352. The Kier molecular flexibility index (Phi) is 4.30. The fourth-order valence-corrected chi connectivity index (χ4v) is 3.31. The zero-order valence-electron chi connectivity index (χ0n) is 11.8. The number of nitrogens with one attached hydrogen (secondary N) is 1. The minimum Gasteiger partial charge on any atom is -0.313 e. The Morgan fingerprint density at radius 3 is 2.29 bits per heavy atom. The maximum Gasteiger partial charge on any atom is 0.156 e. The molecule has 0 spiro atoms. The van der Waals surface area contributed by atoms with Crippen molar-refractivity contribution in [3.8, 4) is 0 Å². The molecule has 4 heteroatoms. The van der Waals surface area contributed by atoms with Crippen LogP contribution in [-0.2, 0) is 9.84 Å². The summed E-state index contributed by atoms with van der Waals surface area (Å²) < 4.78 is 23.2. The standard InChI is InChI=1S/C13H27NO2S/c1-12(2,3)17(15,16)9-8-14-11-6-7-13(4,5)10-11/h11,14H,6-10H2,1-5H3. The fraction of sp³-hybridized carbons (Fsp3) is 1.00. The van der Waals surface area contributed by atoms with E-state index in [1.165, 1.54) is 12.8 Å². The van der Waals surface area contributed by atoms with E-state index in [0.717, 1.165) is 6.42 Å². The van der Waals surface area contributed by atoms with Gasteiger partial charge < -0.3 is 5.32 Å². The number of hydrogen-bond donors (Lipinski definition) is 1. The summed E-state index contributed by atoms with van der Waals surface area (Å²) in [4.78, 5) is 0. The second kappa shape index (κ2) is 4.88.